The molecule has 0 bridgehead atoms. The van der Waals surface area contributed by atoms with Gasteiger partial charge in [-0.1, -0.05) is 30.9 Å². The normalized spacial score (nSPS) is 18.8. The van der Waals surface area contributed by atoms with E-state index in [1.165, 1.54) is 41.1 Å². The second-order valence-corrected chi connectivity index (χ2v) is 12.5. The Hall–Kier alpha value is -4.74. The van der Waals surface area contributed by atoms with Crippen molar-refractivity contribution in [3.8, 4) is 11.1 Å². The minimum absolute atomic E-state index is 0.00844. The number of nitrogens with zero attached hydrogens (tertiary/aromatic N) is 3. The Morgan fingerprint density at radius 1 is 1.25 bits per heavy atom. The van der Waals surface area contributed by atoms with E-state index in [4.69, 9.17) is 0 Å². The number of aliphatic hydroxyl groups is 2. The van der Waals surface area contributed by atoms with E-state index in [-0.39, 0.29) is 27.5 Å². The molecule has 0 atom stereocenters. The molecule has 0 unspecified atom stereocenters. The smallest absolute Gasteiger partial charge is 0.273 e. The van der Waals surface area contributed by atoms with Crippen LogP contribution in [-0.2, 0) is 28.3 Å². The number of carbonyl (C=O) groups excluding carboxylic acids is 1. The van der Waals surface area contributed by atoms with E-state index < -0.39 is 22.4 Å². The molecule has 1 amide bonds. The summed E-state index contributed by atoms with van der Waals surface area (Å²) in [5.41, 5.74) is 2.75. The summed E-state index contributed by atoms with van der Waals surface area (Å²) in [4.78, 5) is 31.6. The van der Waals surface area contributed by atoms with Crippen molar-refractivity contribution in [2.45, 2.75) is 25.9 Å². The molecule has 1 aromatic heterocycles. The van der Waals surface area contributed by atoms with Gasteiger partial charge in [0, 0.05) is 56.3 Å². The van der Waals surface area contributed by atoms with Crippen molar-refractivity contribution >= 4 is 33.3 Å². The van der Waals surface area contributed by atoms with E-state index in [1.54, 1.807) is 49.8 Å². The van der Waals surface area contributed by atoms with Crippen LogP contribution in [0.25, 0.3) is 11.1 Å². The van der Waals surface area contributed by atoms with Gasteiger partial charge in [-0.3, -0.25) is 19.5 Å². The van der Waals surface area contributed by atoms with Crippen LogP contribution in [0.15, 0.2) is 111 Å². The van der Waals surface area contributed by atoms with E-state index in [0.717, 1.165) is 24.7 Å². The number of pyridine rings is 1. The lowest BCUT2D eigenvalue weighted by atomic mass is 9.98. The first-order valence-corrected chi connectivity index (χ1v) is 15.8. The number of hydrogen-bond acceptors (Lipinski definition) is 8. The second-order valence-electron chi connectivity index (χ2n) is 10.5. The zero-order valence-electron chi connectivity index (χ0n) is 24.9. The quantitative estimate of drug-likeness (QED) is 0.211. The molecule has 1 saturated carbocycles. The van der Waals surface area contributed by atoms with Gasteiger partial charge >= 0.3 is 0 Å². The van der Waals surface area contributed by atoms with Gasteiger partial charge in [0.05, 0.1) is 22.8 Å². The predicted octanol–water partition coefficient (Wildman–Crippen LogP) is 4.68. The maximum atomic E-state index is 13.6. The third-order valence-corrected chi connectivity index (χ3v) is 8.32. The number of amides is 1. The largest absolute Gasteiger partial charge is 0.507 e. The van der Waals surface area contributed by atoms with Crippen molar-refractivity contribution in [3.63, 3.8) is 0 Å². The van der Waals surface area contributed by atoms with Crippen LogP contribution >= 0.6 is 0 Å². The van der Waals surface area contributed by atoms with Crippen molar-refractivity contribution < 1.29 is 23.4 Å². The van der Waals surface area contributed by atoms with Crippen molar-refractivity contribution in [1.29, 1.82) is 0 Å². The lowest BCUT2D eigenvalue weighted by molar-refractivity contribution is -0.114. The van der Waals surface area contributed by atoms with Gasteiger partial charge in [0.25, 0.3) is 11.5 Å². The van der Waals surface area contributed by atoms with Gasteiger partial charge in [0.15, 0.2) is 9.84 Å². The van der Waals surface area contributed by atoms with E-state index in [0.29, 0.717) is 34.7 Å². The predicted molar refractivity (Wildman–Crippen MR) is 175 cm³/mol. The summed E-state index contributed by atoms with van der Waals surface area (Å²) in [6, 6.07) is 6.81. The van der Waals surface area contributed by atoms with Gasteiger partial charge in [0.1, 0.15) is 11.4 Å². The van der Waals surface area contributed by atoms with E-state index in [1.807, 2.05) is 12.2 Å². The fourth-order valence-corrected chi connectivity index (χ4v) is 5.38. The van der Waals surface area contributed by atoms with Crippen LogP contribution in [-0.4, -0.2) is 48.6 Å². The standard InChI is InChI=1S/C33H36N4O6S/c1-22-31(39)18-24(23-13-14-23)9-5-6-16-37(32(22)40)30-12-7-11-27(28(30)21-38)25-17-29(33(41)36(3)20-25)35-15-8-10-26(19-34-2)44(4,42)43/h6-12,15-20,23,35,38-39H,1,5,13-14,21H2,2-4H3/b15-8+,16-6-,24-9+,26-10+,31-18?,34-19?. The molecule has 1 aliphatic heterocycles. The number of hydrogen-bond donors (Lipinski definition) is 3. The zero-order valence-corrected chi connectivity index (χ0v) is 25.7. The number of carbonyl (C=O) groups is 1. The monoisotopic (exact) mass is 616 g/mol. The minimum atomic E-state index is -3.49. The highest BCUT2D eigenvalue weighted by Crippen LogP contribution is 2.39. The van der Waals surface area contributed by atoms with E-state index in [9.17, 15) is 28.2 Å². The second kappa shape index (κ2) is 13.7. The molecule has 2 aromatic rings. The van der Waals surface area contributed by atoms with E-state index >= 15 is 0 Å². The Kier molecular flexibility index (Phi) is 10.0. The summed E-state index contributed by atoms with van der Waals surface area (Å²) in [6.07, 6.45) is 17.9. The number of allylic oxidation sites excluding steroid dienone is 7. The van der Waals surface area contributed by atoms with Crippen molar-refractivity contribution in [2.75, 3.05) is 23.5 Å². The first-order valence-electron chi connectivity index (χ1n) is 14.0. The molecule has 0 radical (unpaired) electrons. The average Bonchev–Trinajstić information content (AvgIpc) is 3.83. The van der Waals surface area contributed by atoms with Crippen LogP contribution in [0.1, 0.15) is 24.8 Å². The SMILES string of the molecule is C=C1C(=O)N(c2cccc(-c3cc(N/C=C/C=C(\C=NC)S(C)(=O)=O)c(=O)n(C)c3)c2CO)/C=C\C/C=C(/C2CC2)C=C1O. The van der Waals surface area contributed by atoms with Crippen LogP contribution in [0.5, 0.6) is 0 Å². The van der Waals surface area contributed by atoms with Gasteiger partial charge in [-0.2, -0.15) is 0 Å². The molecule has 230 valence electrons. The molecular weight excluding hydrogens is 580 g/mol. The average molecular weight is 617 g/mol. The highest BCUT2D eigenvalue weighted by Gasteiger charge is 2.28. The Balaban J connectivity index is 1.72. The molecule has 1 aromatic carbocycles. The molecule has 11 heteroatoms. The van der Waals surface area contributed by atoms with Gasteiger partial charge in [-0.15, -0.1) is 0 Å². The maximum absolute atomic E-state index is 13.6. The molecule has 1 fully saturated rings. The maximum Gasteiger partial charge on any atom is 0.273 e. The topological polar surface area (TPSA) is 141 Å². The molecule has 3 N–H and O–H groups in total. The van der Waals surface area contributed by atoms with Crippen LogP contribution in [0.3, 0.4) is 0 Å². The molecule has 10 nitrogen and oxygen atoms in total. The van der Waals surface area contributed by atoms with Crippen LogP contribution in [0, 0.1) is 5.92 Å². The Bertz CT molecular complexity index is 1820. The Morgan fingerprint density at radius 3 is 2.66 bits per heavy atom. The number of aliphatic hydroxyl groups excluding tert-OH is 2. The number of sulfone groups is 1. The number of aromatic nitrogens is 1. The van der Waals surface area contributed by atoms with Gasteiger partial charge in [-0.05, 0) is 66.7 Å². The summed E-state index contributed by atoms with van der Waals surface area (Å²) in [5, 5.41) is 24.2. The lowest BCUT2D eigenvalue weighted by Crippen LogP contribution is -2.28. The molecular formula is C33H36N4O6S. The van der Waals surface area contributed by atoms with Crippen molar-refractivity contribution in [3.05, 3.63) is 118 Å². The molecule has 44 heavy (non-hydrogen) atoms. The van der Waals surface area contributed by atoms with Crippen LogP contribution in [0.2, 0.25) is 0 Å². The summed E-state index contributed by atoms with van der Waals surface area (Å²) >= 11 is 0. The number of benzene rings is 1. The zero-order chi connectivity index (χ0) is 32.0. The number of nitrogens with one attached hydrogen (secondary N) is 1. The number of aryl methyl sites for hydroxylation is 1. The highest BCUT2D eigenvalue weighted by atomic mass is 32.2. The summed E-state index contributed by atoms with van der Waals surface area (Å²) in [6.45, 7) is 3.42. The third kappa shape index (κ3) is 7.42. The van der Waals surface area contributed by atoms with Crippen molar-refractivity contribution in [1.82, 2.24) is 4.57 Å². The molecule has 1 aliphatic carbocycles. The number of anilines is 2. The Morgan fingerprint density at radius 2 is 2.00 bits per heavy atom. The van der Waals surface area contributed by atoms with E-state index in [2.05, 4.69) is 16.9 Å². The molecule has 0 saturated heterocycles. The molecule has 2 heterocycles. The highest BCUT2D eigenvalue weighted by molar-refractivity contribution is 7.95. The third-order valence-electron chi connectivity index (χ3n) is 7.23. The van der Waals surface area contributed by atoms with Crippen LogP contribution in [0.4, 0.5) is 11.4 Å². The van der Waals surface area contributed by atoms with Crippen LogP contribution < -0.4 is 15.8 Å². The number of rotatable bonds is 9. The summed E-state index contributed by atoms with van der Waals surface area (Å²) in [5.74, 6) is -0.353. The fourth-order valence-electron chi connectivity index (χ4n) is 4.76. The van der Waals surface area contributed by atoms with Gasteiger partial charge < -0.3 is 20.1 Å². The fraction of sp³-hybridized carbons (Fsp3) is 0.242. The molecule has 4 rings (SSSR count). The van der Waals surface area contributed by atoms with Crippen molar-refractivity contribution in [2.24, 2.45) is 18.0 Å². The Labute approximate surface area is 257 Å². The summed E-state index contributed by atoms with van der Waals surface area (Å²) in [7, 11) is -0.436. The lowest BCUT2D eigenvalue weighted by Gasteiger charge is -2.24. The first-order chi connectivity index (χ1) is 21.0. The van der Waals surface area contributed by atoms with Gasteiger partial charge in [-0.25, -0.2) is 8.42 Å². The summed E-state index contributed by atoms with van der Waals surface area (Å²) < 4.78 is 25.2. The number of aliphatic imine (C=N–C) groups is 1. The molecule has 2 aliphatic rings. The minimum Gasteiger partial charge on any atom is -0.507 e. The molecule has 0 spiro atoms. The van der Waals surface area contributed by atoms with Gasteiger partial charge in [0.2, 0.25) is 0 Å². The first kappa shape index (κ1) is 32.2.